The molecule has 18 heteroatoms. The number of carbonyl (C=O) groups excluding carboxylic acids is 5. The monoisotopic (exact) mass is 872 g/mol. The molecule has 0 radical (unpaired) electrons. The number of pyridine rings is 1. The standard InChI is InChI=1S/C45H49ClN12O5/c1-47-41(60)33-9-2-3-11-36(33)53-40-35(46)26-50-44(55-40)51-31-16-18-38(49-25-31)56-21-23-57(24-22-56)45(63)52-30-14-12-29(13-15-30)48-20-5-4-7-28-8-6-10-32-34(28)27-58(43(32)62)37-17-19-39(59)54-42(37)61/h2-3,6,8-11,16,18,25-26,29-30,37,48H,5,12-15,17,19-24,27H2,1H3,(H,47,60)(H,52,63)(H,54,59,61)(H2,50,51,53,55)/t29-,30+,37?. The summed E-state index contributed by atoms with van der Waals surface area (Å²) in [4.78, 5) is 81.8. The molecule has 4 aliphatic rings. The Bertz CT molecular complexity index is 2440. The molecule has 2 saturated heterocycles. The normalized spacial score (nSPS) is 19.7. The van der Waals surface area contributed by atoms with Gasteiger partial charge in [-0.3, -0.25) is 24.5 Å². The van der Waals surface area contributed by atoms with Crippen LogP contribution in [0.4, 0.5) is 33.8 Å². The second-order valence-electron chi connectivity index (χ2n) is 15.9. The molecule has 1 aliphatic carbocycles. The lowest BCUT2D eigenvalue weighted by atomic mass is 9.91. The summed E-state index contributed by atoms with van der Waals surface area (Å²) in [6, 6.07) is 16.2. The Morgan fingerprint density at radius 2 is 1.68 bits per heavy atom. The Hall–Kier alpha value is -6.77. The third kappa shape index (κ3) is 10.1. The minimum atomic E-state index is -0.653. The molecule has 63 heavy (non-hydrogen) atoms. The molecule has 17 nitrogen and oxygen atoms in total. The van der Waals surface area contributed by atoms with Crippen LogP contribution in [0.5, 0.6) is 0 Å². The number of carbonyl (C=O) groups is 5. The van der Waals surface area contributed by atoms with E-state index in [0.29, 0.717) is 90.9 Å². The lowest BCUT2D eigenvalue weighted by Crippen LogP contribution is -2.54. The van der Waals surface area contributed by atoms with Gasteiger partial charge in [0.1, 0.15) is 16.9 Å². The number of rotatable bonds is 11. The van der Waals surface area contributed by atoms with Crippen molar-refractivity contribution in [3.8, 4) is 11.8 Å². The maximum Gasteiger partial charge on any atom is 0.317 e. The summed E-state index contributed by atoms with van der Waals surface area (Å²) in [5.74, 6) is 6.76. The third-order valence-electron chi connectivity index (χ3n) is 11.8. The number of nitrogens with one attached hydrogen (secondary N) is 6. The van der Waals surface area contributed by atoms with Crippen molar-refractivity contribution in [2.45, 2.75) is 69.6 Å². The molecule has 326 valence electrons. The van der Waals surface area contributed by atoms with Gasteiger partial charge in [0.05, 0.1) is 29.3 Å². The number of urea groups is 1. The molecule has 0 bridgehead atoms. The second-order valence-corrected chi connectivity index (χ2v) is 16.3. The molecule has 4 aromatic rings. The quantitative estimate of drug-likeness (QED) is 0.0709. The predicted octanol–water partition coefficient (Wildman–Crippen LogP) is 4.31. The highest BCUT2D eigenvalue weighted by molar-refractivity contribution is 6.33. The molecule has 2 aromatic carbocycles. The number of amides is 6. The van der Waals surface area contributed by atoms with Gasteiger partial charge < -0.3 is 41.3 Å². The maximum atomic E-state index is 13.2. The zero-order valence-electron chi connectivity index (χ0n) is 34.9. The van der Waals surface area contributed by atoms with Crippen LogP contribution in [-0.4, -0.2) is 112 Å². The van der Waals surface area contributed by atoms with E-state index in [0.717, 1.165) is 49.2 Å². The van der Waals surface area contributed by atoms with Crippen LogP contribution in [0.2, 0.25) is 5.02 Å². The van der Waals surface area contributed by atoms with Crippen LogP contribution in [0.15, 0.2) is 67.0 Å². The van der Waals surface area contributed by atoms with E-state index in [9.17, 15) is 24.0 Å². The summed E-state index contributed by atoms with van der Waals surface area (Å²) in [5.41, 5.74) is 3.86. The van der Waals surface area contributed by atoms with E-state index in [2.05, 4.69) is 63.6 Å². The van der Waals surface area contributed by atoms with Gasteiger partial charge >= 0.3 is 6.03 Å². The zero-order valence-corrected chi connectivity index (χ0v) is 35.6. The molecule has 6 amide bonds. The van der Waals surface area contributed by atoms with Crippen molar-refractivity contribution in [1.29, 1.82) is 0 Å². The molecule has 3 aliphatic heterocycles. The number of piperazine rings is 1. The van der Waals surface area contributed by atoms with Crippen LogP contribution < -0.4 is 36.8 Å². The van der Waals surface area contributed by atoms with E-state index < -0.39 is 11.9 Å². The molecule has 1 saturated carbocycles. The number of piperidine rings is 1. The number of hydrogen-bond acceptors (Lipinski definition) is 12. The number of anilines is 5. The van der Waals surface area contributed by atoms with E-state index in [1.807, 2.05) is 35.2 Å². The second kappa shape index (κ2) is 19.5. The van der Waals surface area contributed by atoms with Crippen LogP contribution in [0.3, 0.4) is 0 Å². The third-order valence-corrected chi connectivity index (χ3v) is 12.1. The molecule has 6 N–H and O–H groups in total. The van der Waals surface area contributed by atoms with Crippen LogP contribution >= 0.6 is 11.6 Å². The van der Waals surface area contributed by atoms with Crippen molar-refractivity contribution in [3.63, 3.8) is 0 Å². The molecular weight excluding hydrogens is 824 g/mol. The van der Waals surface area contributed by atoms with Gasteiger partial charge in [0, 0.05) is 82.4 Å². The van der Waals surface area contributed by atoms with Crippen LogP contribution in [0.25, 0.3) is 0 Å². The Labute approximate surface area is 370 Å². The summed E-state index contributed by atoms with van der Waals surface area (Å²) >= 11 is 6.39. The fourth-order valence-corrected chi connectivity index (χ4v) is 8.53. The Morgan fingerprint density at radius 1 is 0.889 bits per heavy atom. The molecule has 5 heterocycles. The number of imide groups is 1. The predicted molar refractivity (Wildman–Crippen MR) is 238 cm³/mol. The first-order valence-corrected chi connectivity index (χ1v) is 21.6. The molecule has 2 aromatic heterocycles. The van der Waals surface area contributed by atoms with Crippen LogP contribution in [-0.2, 0) is 16.1 Å². The van der Waals surface area contributed by atoms with E-state index in [1.54, 1.807) is 42.4 Å². The SMILES string of the molecule is CNC(=O)c1ccccc1Nc1nc(Nc2ccc(N3CCN(C(=O)N[C@H]4CC[C@@H](NCCC#Cc5cccc6c5CN(C5CCC(=O)NC5=O)C6=O)CC4)CC3)nc2)ncc1Cl. The first-order valence-electron chi connectivity index (χ1n) is 21.3. The van der Waals surface area contributed by atoms with Crippen LogP contribution in [0.1, 0.15) is 76.8 Å². The van der Waals surface area contributed by atoms with Gasteiger partial charge in [0.25, 0.3) is 11.8 Å². The molecule has 1 unspecified atom stereocenters. The number of fused-ring (bicyclic) bond motifs is 1. The number of benzene rings is 2. The minimum Gasteiger partial charge on any atom is -0.355 e. The van der Waals surface area contributed by atoms with Crippen molar-refractivity contribution in [3.05, 3.63) is 94.3 Å². The highest BCUT2D eigenvalue weighted by Gasteiger charge is 2.39. The van der Waals surface area contributed by atoms with Gasteiger partial charge in [-0.15, -0.1) is 0 Å². The largest absolute Gasteiger partial charge is 0.355 e. The Kier molecular flexibility index (Phi) is 13.3. The lowest BCUT2D eigenvalue weighted by Gasteiger charge is -2.37. The number of hydrogen-bond donors (Lipinski definition) is 6. The van der Waals surface area contributed by atoms with Gasteiger partial charge in [-0.05, 0) is 74.1 Å². The number of aromatic nitrogens is 3. The first kappa shape index (κ1) is 42.9. The molecule has 0 spiro atoms. The van der Waals surface area contributed by atoms with Crippen molar-refractivity contribution < 1.29 is 24.0 Å². The number of halogens is 1. The summed E-state index contributed by atoms with van der Waals surface area (Å²) in [5, 5.41) is 18.4. The van der Waals surface area contributed by atoms with E-state index in [1.165, 1.54) is 6.20 Å². The van der Waals surface area contributed by atoms with E-state index >= 15 is 0 Å². The molecule has 1 atom stereocenters. The average Bonchev–Trinajstić information content (AvgIpc) is 3.64. The minimum absolute atomic E-state index is 0.0305. The summed E-state index contributed by atoms with van der Waals surface area (Å²) in [6.45, 7) is 3.52. The van der Waals surface area contributed by atoms with Gasteiger partial charge in [0.2, 0.25) is 17.8 Å². The van der Waals surface area contributed by atoms with Gasteiger partial charge in [-0.2, -0.15) is 4.98 Å². The summed E-state index contributed by atoms with van der Waals surface area (Å²) in [7, 11) is 1.57. The van der Waals surface area contributed by atoms with Gasteiger partial charge in [0.15, 0.2) is 5.82 Å². The number of nitrogens with zero attached hydrogens (tertiary/aromatic N) is 6. The van der Waals surface area contributed by atoms with Gasteiger partial charge in [-0.25, -0.2) is 14.8 Å². The summed E-state index contributed by atoms with van der Waals surface area (Å²) in [6.07, 6.45) is 8.10. The van der Waals surface area contributed by atoms with E-state index in [-0.39, 0.29) is 36.2 Å². The van der Waals surface area contributed by atoms with Crippen molar-refractivity contribution in [2.75, 3.05) is 55.3 Å². The van der Waals surface area contributed by atoms with Crippen LogP contribution in [0, 0.1) is 11.8 Å². The molecule has 3 fully saturated rings. The first-order chi connectivity index (χ1) is 30.6. The molecule has 8 rings (SSSR count). The Morgan fingerprint density at radius 3 is 2.44 bits per heavy atom. The topological polar surface area (TPSA) is 206 Å². The highest BCUT2D eigenvalue weighted by Crippen LogP contribution is 2.30. The number of para-hydroxylation sites is 1. The molecular formula is C45H49ClN12O5. The van der Waals surface area contributed by atoms with Gasteiger partial charge in [-0.1, -0.05) is 41.6 Å². The van der Waals surface area contributed by atoms with Crippen molar-refractivity contribution in [1.82, 2.24) is 46.0 Å². The fraction of sp³-hybridized carbons (Fsp3) is 0.378. The fourth-order valence-electron chi connectivity index (χ4n) is 8.39. The summed E-state index contributed by atoms with van der Waals surface area (Å²) < 4.78 is 0. The zero-order chi connectivity index (χ0) is 43.9. The highest BCUT2D eigenvalue weighted by atomic mass is 35.5. The average molecular weight is 873 g/mol. The maximum absolute atomic E-state index is 13.2. The lowest BCUT2D eigenvalue weighted by molar-refractivity contribution is -0.136. The Balaban J connectivity index is 0.737. The van der Waals surface area contributed by atoms with E-state index in [4.69, 9.17) is 11.6 Å². The smallest absolute Gasteiger partial charge is 0.317 e. The van der Waals surface area contributed by atoms with Crippen molar-refractivity contribution in [2.24, 2.45) is 0 Å². The van der Waals surface area contributed by atoms with Crippen molar-refractivity contribution >= 4 is 70.2 Å².